The van der Waals surface area contributed by atoms with E-state index in [1.54, 1.807) is 12.1 Å². The predicted molar refractivity (Wildman–Crippen MR) is 140 cm³/mol. The molecule has 0 unspecified atom stereocenters. The van der Waals surface area contributed by atoms with Gasteiger partial charge in [-0.2, -0.15) is 0 Å². The zero-order valence-electron chi connectivity index (χ0n) is 20.1. The molecular formula is C27H35Cl2N3O2. The number of para-hydroxylation sites is 1. The Bertz CT molecular complexity index is 996. The number of benzene rings is 2. The van der Waals surface area contributed by atoms with E-state index in [4.69, 9.17) is 28.9 Å². The maximum Gasteiger partial charge on any atom is 0.240 e. The number of hydrogen-bond donors (Lipinski definition) is 1. The largest absolute Gasteiger partial charge is 0.337 e. The van der Waals surface area contributed by atoms with Gasteiger partial charge < -0.3 is 15.5 Å². The van der Waals surface area contributed by atoms with Crippen LogP contribution in [-0.4, -0.2) is 35.8 Å². The van der Waals surface area contributed by atoms with Crippen molar-refractivity contribution in [3.8, 4) is 0 Å². The van der Waals surface area contributed by atoms with Crippen molar-refractivity contribution in [2.45, 2.75) is 65.0 Å². The summed E-state index contributed by atoms with van der Waals surface area (Å²) in [7, 11) is 0. The minimum absolute atomic E-state index is 0.0975. The van der Waals surface area contributed by atoms with Crippen molar-refractivity contribution in [2.75, 3.05) is 18.0 Å². The Kier molecular flexibility index (Phi) is 9.81. The summed E-state index contributed by atoms with van der Waals surface area (Å²) in [4.78, 5) is 30.3. The molecule has 0 spiro atoms. The lowest BCUT2D eigenvalue weighted by molar-refractivity contribution is -0.133. The van der Waals surface area contributed by atoms with Crippen LogP contribution in [0, 0.1) is 5.92 Å². The molecule has 1 heterocycles. The first-order chi connectivity index (χ1) is 16.3. The van der Waals surface area contributed by atoms with Crippen LogP contribution >= 0.6 is 23.2 Å². The van der Waals surface area contributed by atoms with E-state index in [9.17, 15) is 9.59 Å². The van der Waals surface area contributed by atoms with Crippen LogP contribution in [0.2, 0.25) is 10.0 Å². The Morgan fingerprint density at radius 3 is 2.29 bits per heavy atom. The van der Waals surface area contributed by atoms with Gasteiger partial charge >= 0.3 is 0 Å². The maximum atomic E-state index is 13.5. The molecule has 1 aliphatic heterocycles. The molecule has 34 heavy (non-hydrogen) atoms. The fraction of sp³-hybridized carbons (Fsp3) is 0.481. The van der Waals surface area contributed by atoms with Crippen LogP contribution in [0.15, 0.2) is 42.5 Å². The quantitative estimate of drug-likeness (QED) is 0.569. The fourth-order valence-corrected chi connectivity index (χ4v) is 4.71. The molecular weight excluding hydrogens is 469 g/mol. The Morgan fingerprint density at radius 2 is 1.59 bits per heavy atom. The second kappa shape index (κ2) is 12.6. The molecule has 0 bridgehead atoms. The van der Waals surface area contributed by atoms with Crippen molar-refractivity contribution in [2.24, 2.45) is 11.7 Å². The molecule has 1 atom stereocenters. The van der Waals surface area contributed by atoms with Crippen LogP contribution in [0.25, 0.3) is 0 Å². The first-order valence-electron chi connectivity index (χ1n) is 12.2. The van der Waals surface area contributed by atoms with Crippen LogP contribution < -0.4 is 10.6 Å². The second-order valence-corrected chi connectivity index (χ2v) is 10.2. The van der Waals surface area contributed by atoms with E-state index in [2.05, 4.69) is 0 Å². The summed E-state index contributed by atoms with van der Waals surface area (Å²) in [5.41, 5.74) is 9.11. The third kappa shape index (κ3) is 6.97. The number of carbonyl (C=O) groups is 2. The summed E-state index contributed by atoms with van der Waals surface area (Å²) in [5, 5.41) is 0.930. The van der Waals surface area contributed by atoms with Crippen LogP contribution in [0.3, 0.4) is 0 Å². The van der Waals surface area contributed by atoms with E-state index in [1.807, 2.05) is 54.0 Å². The molecule has 5 nitrogen and oxygen atoms in total. The maximum absolute atomic E-state index is 13.5. The molecule has 3 rings (SSSR count). The Hall–Kier alpha value is -2.08. The molecule has 2 amide bonds. The monoisotopic (exact) mass is 503 g/mol. The highest BCUT2D eigenvalue weighted by atomic mass is 35.5. The van der Waals surface area contributed by atoms with Gasteiger partial charge in [0.15, 0.2) is 0 Å². The normalized spacial score (nSPS) is 16.4. The summed E-state index contributed by atoms with van der Waals surface area (Å²) in [6, 6.07) is 12.6. The summed E-state index contributed by atoms with van der Waals surface area (Å²) < 4.78 is 0. The van der Waals surface area contributed by atoms with Gasteiger partial charge in [-0.25, -0.2) is 0 Å². The minimum atomic E-state index is -0.689. The molecule has 0 aliphatic carbocycles. The number of rotatable bonds is 4. The third-order valence-electron chi connectivity index (χ3n) is 6.28. The van der Waals surface area contributed by atoms with Gasteiger partial charge in [-0.05, 0) is 48.6 Å². The van der Waals surface area contributed by atoms with Crippen molar-refractivity contribution in [1.82, 2.24) is 4.90 Å². The zero-order valence-corrected chi connectivity index (χ0v) is 21.6. The number of fused-ring (bicyclic) bond motifs is 1. The van der Waals surface area contributed by atoms with Gasteiger partial charge in [0.05, 0.1) is 16.1 Å². The average molecular weight is 505 g/mol. The summed E-state index contributed by atoms with van der Waals surface area (Å²) in [6.45, 7) is 5.61. The topological polar surface area (TPSA) is 66.6 Å². The zero-order chi connectivity index (χ0) is 24.7. The van der Waals surface area contributed by atoms with E-state index < -0.39 is 6.04 Å². The first kappa shape index (κ1) is 26.5. The standard InChI is InChI=1S/C27H35Cl2N3O2/c1-19(2)26(33)32-15-9-5-3-4-8-14-31(18-21-10-6-7-11-25(21)32)27(34)24(30)17-20-12-13-22(28)23(29)16-20/h6-7,10-13,16,19,24H,3-5,8-9,14-15,17-18,30H2,1-2H3/t24-/m1/s1. The van der Waals surface area contributed by atoms with Crippen LogP contribution in [0.4, 0.5) is 5.69 Å². The highest BCUT2D eigenvalue weighted by Gasteiger charge is 2.26. The van der Waals surface area contributed by atoms with Crippen molar-refractivity contribution in [1.29, 1.82) is 0 Å². The van der Waals surface area contributed by atoms with Gasteiger partial charge in [-0.15, -0.1) is 0 Å². The fourth-order valence-electron chi connectivity index (χ4n) is 4.39. The molecule has 184 valence electrons. The van der Waals surface area contributed by atoms with Gasteiger partial charge in [0.2, 0.25) is 11.8 Å². The smallest absolute Gasteiger partial charge is 0.240 e. The summed E-state index contributed by atoms with van der Waals surface area (Å²) >= 11 is 12.2. The third-order valence-corrected chi connectivity index (χ3v) is 7.02. The highest BCUT2D eigenvalue weighted by molar-refractivity contribution is 6.42. The lowest BCUT2D eigenvalue weighted by Crippen LogP contribution is -2.45. The number of halogens is 2. The van der Waals surface area contributed by atoms with Gasteiger partial charge in [-0.3, -0.25) is 9.59 Å². The van der Waals surface area contributed by atoms with E-state index in [0.717, 1.165) is 48.9 Å². The lowest BCUT2D eigenvalue weighted by atomic mass is 10.0. The number of hydrogen-bond acceptors (Lipinski definition) is 3. The van der Waals surface area contributed by atoms with Crippen molar-refractivity contribution >= 4 is 40.7 Å². The Labute approximate surface area is 213 Å². The Balaban J connectivity index is 1.86. The molecule has 2 N–H and O–H groups in total. The molecule has 0 radical (unpaired) electrons. The van der Waals surface area contributed by atoms with E-state index in [-0.39, 0.29) is 17.7 Å². The average Bonchev–Trinajstić information content (AvgIpc) is 2.81. The van der Waals surface area contributed by atoms with E-state index in [0.29, 0.717) is 36.1 Å². The number of nitrogens with zero attached hydrogens (tertiary/aromatic N) is 2. The van der Waals surface area contributed by atoms with Crippen LogP contribution in [-0.2, 0) is 22.6 Å². The first-order valence-corrected chi connectivity index (χ1v) is 12.9. The van der Waals surface area contributed by atoms with Crippen molar-refractivity contribution in [3.05, 3.63) is 63.6 Å². The Morgan fingerprint density at radius 1 is 0.912 bits per heavy atom. The van der Waals surface area contributed by atoms with Gasteiger partial charge in [0.1, 0.15) is 0 Å². The summed E-state index contributed by atoms with van der Waals surface area (Å²) in [5.74, 6) is -0.0864. The van der Waals surface area contributed by atoms with E-state index in [1.165, 1.54) is 0 Å². The van der Waals surface area contributed by atoms with Crippen molar-refractivity contribution in [3.63, 3.8) is 0 Å². The molecule has 7 heteroatoms. The van der Waals surface area contributed by atoms with Gasteiger partial charge in [0.25, 0.3) is 0 Å². The molecule has 0 saturated carbocycles. The molecule has 1 aliphatic rings. The number of carbonyl (C=O) groups excluding carboxylic acids is 2. The molecule has 2 aromatic rings. The minimum Gasteiger partial charge on any atom is -0.337 e. The number of nitrogens with two attached hydrogens (primary N) is 1. The number of amides is 2. The van der Waals surface area contributed by atoms with Crippen molar-refractivity contribution < 1.29 is 9.59 Å². The van der Waals surface area contributed by atoms with E-state index >= 15 is 0 Å². The molecule has 0 aromatic heterocycles. The summed E-state index contributed by atoms with van der Waals surface area (Å²) in [6.07, 6.45) is 5.49. The molecule has 0 saturated heterocycles. The second-order valence-electron chi connectivity index (χ2n) is 9.36. The van der Waals surface area contributed by atoms with Gasteiger partial charge in [-0.1, -0.05) is 80.6 Å². The predicted octanol–water partition coefficient (Wildman–Crippen LogP) is 5.85. The van der Waals surface area contributed by atoms with Crippen LogP contribution in [0.5, 0.6) is 0 Å². The highest BCUT2D eigenvalue weighted by Crippen LogP contribution is 2.27. The molecule has 0 fully saturated rings. The van der Waals surface area contributed by atoms with Crippen LogP contribution in [0.1, 0.15) is 57.1 Å². The lowest BCUT2D eigenvalue weighted by Gasteiger charge is -2.31. The van der Waals surface area contributed by atoms with Gasteiger partial charge in [0, 0.05) is 31.2 Å². The number of anilines is 1. The molecule has 2 aromatic carbocycles. The SMILES string of the molecule is CC(C)C(=O)N1CCCCCCCN(C(=O)[C@H](N)Cc2ccc(Cl)c(Cl)c2)Cc2ccccc21.